The lowest BCUT2D eigenvalue weighted by Gasteiger charge is -2.20. The standard InChI is InChI=1S/C26H33N3O4/c30-25(18-27-21-9-6-11-23(17-21)33-19-24-12-7-15-32-24)28-22-10-5-8-20(16-22)26(31)29-13-3-1-2-4-14-29/h5-6,8-11,16-17,24,27H,1-4,7,12-15,18-19H2,(H,28,30). The maximum atomic E-state index is 12.9. The molecule has 2 amide bonds. The first-order valence-corrected chi connectivity index (χ1v) is 11.9. The number of ether oxygens (including phenoxy) is 2. The average Bonchev–Trinajstić information content (AvgIpc) is 3.22. The number of nitrogens with zero attached hydrogens (tertiary/aromatic N) is 1. The highest BCUT2D eigenvalue weighted by Crippen LogP contribution is 2.20. The van der Waals surface area contributed by atoms with Gasteiger partial charge in [0.15, 0.2) is 0 Å². The van der Waals surface area contributed by atoms with Gasteiger partial charge in [-0.05, 0) is 56.0 Å². The summed E-state index contributed by atoms with van der Waals surface area (Å²) in [5, 5.41) is 6.01. The van der Waals surface area contributed by atoms with Crippen LogP contribution < -0.4 is 15.4 Å². The highest BCUT2D eigenvalue weighted by atomic mass is 16.5. The Morgan fingerprint density at radius 1 is 0.970 bits per heavy atom. The zero-order valence-corrected chi connectivity index (χ0v) is 19.1. The monoisotopic (exact) mass is 451 g/mol. The molecule has 2 aliphatic heterocycles. The van der Waals surface area contributed by atoms with Gasteiger partial charge in [-0.25, -0.2) is 0 Å². The van der Waals surface area contributed by atoms with E-state index in [4.69, 9.17) is 9.47 Å². The van der Waals surface area contributed by atoms with Crippen molar-refractivity contribution in [2.24, 2.45) is 0 Å². The van der Waals surface area contributed by atoms with Gasteiger partial charge in [-0.3, -0.25) is 9.59 Å². The normalized spacial score (nSPS) is 18.4. The summed E-state index contributed by atoms with van der Waals surface area (Å²) in [4.78, 5) is 27.3. The van der Waals surface area contributed by atoms with Crippen molar-refractivity contribution in [3.63, 3.8) is 0 Å². The molecule has 1 unspecified atom stereocenters. The fourth-order valence-corrected chi connectivity index (χ4v) is 4.23. The quantitative estimate of drug-likeness (QED) is 0.625. The number of hydrogen-bond donors (Lipinski definition) is 2. The third-order valence-electron chi connectivity index (χ3n) is 6.03. The van der Waals surface area contributed by atoms with E-state index in [-0.39, 0.29) is 24.5 Å². The molecule has 2 N–H and O–H groups in total. The molecular weight excluding hydrogens is 418 g/mol. The smallest absolute Gasteiger partial charge is 0.253 e. The molecule has 2 heterocycles. The number of benzene rings is 2. The molecule has 0 bridgehead atoms. The van der Waals surface area contributed by atoms with Crippen molar-refractivity contribution in [1.29, 1.82) is 0 Å². The van der Waals surface area contributed by atoms with Crippen LogP contribution in [0.1, 0.15) is 48.9 Å². The Hall–Kier alpha value is -3.06. The molecule has 0 aliphatic carbocycles. The molecular formula is C26H33N3O4. The maximum absolute atomic E-state index is 12.9. The minimum absolute atomic E-state index is 0.0333. The van der Waals surface area contributed by atoms with E-state index in [0.717, 1.165) is 56.8 Å². The van der Waals surface area contributed by atoms with E-state index in [0.29, 0.717) is 17.9 Å². The predicted molar refractivity (Wildman–Crippen MR) is 129 cm³/mol. The molecule has 2 aromatic rings. The van der Waals surface area contributed by atoms with Crippen LogP contribution in [0.5, 0.6) is 5.75 Å². The Kier molecular flexibility index (Phi) is 8.19. The van der Waals surface area contributed by atoms with Crippen LogP contribution in [-0.4, -0.2) is 55.7 Å². The molecule has 7 heteroatoms. The van der Waals surface area contributed by atoms with Crippen molar-refractivity contribution in [1.82, 2.24) is 4.90 Å². The summed E-state index contributed by atoms with van der Waals surface area (Å²) in [5.41, 5.74) is 2.04. The second kappa shape index (κ2) is 11.7. The fraction of sp³-hybridized carbons (Fsp3) is 0.462. The van der Waals surface area contributed by atoms with Gasteiger partial charge >= 0.3 is 0 Å². The largest absolute Gasteiger partial charge is 0.491 e. The van der Waals surface area contributed by atoms with Crippen molar-refractivity contribution in [3.05, 3.63) is 54.1 Å². The van der Waals surface area contributed by atoms with Crippen LogP contribution in [0.25, 0.3) is 0 Å². The zero-order valence-electron chi connectivity index (χ0n) is 19.1. The number of amides is 2. The van der Waals surface area contributed by atoms with E-state index in [1.165, 1.54) is 12.8 Å². The van der Waals surface area contributed by atoms with Crippen LogP contribution >= 0.6 is 0 Å². The number of rotatable bonds is 8. The van der Waals surface area contributed by atoms with Gasteiger partial charge in [-0.15, -0.1) is 0 Å². The summed E-state index contributed by atoms with van der Waals surface area (Å²) in [7, 11) is 0. The lowest BCUT2D eigenvalue weighted by molar-refractivity contribution is -0.114. The first-order valence-electron chi connectivity index (χ1n) is 11.9. The highest BCUT2D eigenvalue weighted by Gasteiger charge is 2.18. The Bertz CT molecular complexity index is 935. The lowest BCUT2D eigenvalue weighted by atomic mass is 10.1. The summed E-state index contributed by atoms with van der Waals surface area (Å²) in [6.07, 6.45) is 6.73. The van der Waals surface area contributed by atoms with Crippen LogP contribution in [-0.2, 0) is 9.53 Å². The van der Waals surface area contributed by atoms with Crippen LogP contribution in [0.2, 0.25) is 0 Å². The van der Waals surface area contributed by atoms with Crippen molar-refractivity contribution in [3.8, 4) is 5.75 Å². The van der Waals surface area contributed by atoms with E-state index >= 15 is 0 Å². The number of hydrogen-bond acceptors (Lipinski definition) is 5. The first kappa shape index (κ1) is 23.1. The van der Waals surface area contributed by atoms with E-state index in [2.05, 4.69) is 10.6 Å². The second-order valence-corrected chi connectivity index (χ2v) is 8.66. The Labute approximate surface area is 195 Å². The minimum Gasteiger partial charge on any atom is -0.491 e. The van der Waals surface area contributed by atoms with Gasteiger partial charge in [0, 0.05) is 42.7 Å². The predicted octanol–water partition coefficient (Wildman–Crippen LogP) is 4.31. The summed E-state index contributed by atoms with van der Waals surface area (Å²) in [6, 6.07) is 14.7. The molecule has 1 atom stereocenters. The minimum atomic E-state index is -0.181. The second-order valence-electron chi connectivity index (χ2n) is 8.66. The molecule has 176 valence electrons. The Balaban J connectivity index is 1.27. The van der Waals surface area contributed by atoms with Gasteiger partial charge < -0.3 is 25.0 Å². The van der Waals surface area contributed by atoms with E-state index < -0.39 is 0 Å². The number of anilines is 2. The third kappa shape index (κ3) is 6.96. The van der Waals surface area contributed by atoms with E-state index in [9.17, 15) is 9.59 Å². The van der Waals surface area contributed by atoms with Crippen LogP contribution in [0.4, 0.5) is 11.4 Å². The summed E-state index contributed by atoms with van der Waals surface area (Å²) in [5.74, 6) is 0.599. The average molecular weight is 452 g/mol. The molecule has 0 saturated carbocycles. The molecule has 0 aromatic heterocycles. The van der Waals surface area contributed by atoms with Gasteiger partial charge in [-0.1, -0.05) is 25.0 Å². The SMILES string of the molecule is O=C(CNc1cccc(OCC2CCCO2)c1)Nc1cccc(C(=O)N2CCCCCC2)c1. The molecule has 33 heavy (non-hydrogen) atoms. The topological polar surface area (TPSA) is 79.9 Å². The van der Waals surface area contributed by atoms with Gasteiger partial charge in [0.1, 0.15) is 12.4 Å². The molecule has 2 fully saturated rings. The van der Waals surface area contributed by atoms with Crippen LogP contribution in [0.3, 0.4) is 0 Å². The molecule has 7 nitrogen and oxygen atoms in total. The molecule has 0 radical (unpaired) electrons. The molecule has 4 rings (SSSR count). The summed E-state index contributed by atoms with van der Waals surface area (Å²) >= 11 is 0. The Morgan fingerprint density at radius 3 is 2.55 bits per heavy atom. The highest BCUT2D eigenvalue weighted by molar-refractivity contribution is 5.98. The van der Waals surface area contributed by atoms with E-state index in [1.807, 2.05) is 41.3 Å². The van der Waals surface area contributed by atoms with Gasteiger partial charge in [0.05, 0.1) is 12.6 Å². The number of nitrogens with one attached hydrogen (secondary N) is 2. The number of likely N-dealkylation sites (tertiary alicyclic amines) is 1. The van der Waals surface area contributed by atoms with Crippen molar-refractivity contribution in [2.75, 3.05) is 43.5 Å². The summed E-state index contributed by atoms with van der Waals surface area (Å²) < 4.78 is 11.4. The number of carbonyl (C=O) groups is 2. The van der Waals surface area contributed by atoms with Crippen molar-refractivity contribution < 1.29 is 19.1 Å². The van der Waals surface area contributed by atoms with Crippen LogP contribution in [0.15, 0.2) is 48.5 Å². The number of carbonyl (C=O) groups excluding carboxylic acids is 2. The van der Waals surface area contributed by atoms with Gasteiger partial charge in [0.25, 0.3) is 5.91 Å². The van der Waals surface area contributed by atoms with E-state index in [1.54, 1.807) is 12.1 Å². The molecule has 2 aromatic carbocycles. The lowest BCUT2D eigenvalue weighted by Crippen LogP contribution is -2.31. The zero-order chi connectivity index (χ0) is 22.9. The van der Waals surface area contributed by atoms with Crippen molar-refractivity contribution >= 4 is 23.2 Å². The van der Waals surface area contributed by atoms with Gasteiger partial charge in [0.2, 0.25) is 5.91 Å². The van der Waals surface area contributed by atoms with Gasteiger partial charge in [-0.2, -0.15) is 0 Å². The summed E-state index contributed by atoms with van der Waals surface area (Å²) in [6.45, 7) is 3.06. The molecule has 2 aliphatic rings. The molecule has 2 saturated heterocycles. The Morgan fingerprint density at radius 2 is 1.76 bits per heavy atom. The first-order chi connectivity index (χ1) is 16.2. The molecule has 0 spiro atoms. The van der Waals surface area contributed by atoms with Crippen LogP contribution in [0, 0.1) is 0 Å². The third-order valence-corrected chi connectivity index (χ3v) is 6.03. The fourth-order valence-electron chi connectivity index (χ4n) is 4.23. The van der Waals surface area contributed by atoms with Crippen molar-refractivity contribution in [2.45, 2.75) is 44.6 Å². The maximum Gasteiger partial charge on any atom is 0.253 e.